The van der Waals surface area contributed by atoms with E-state index in [1.54, 1.807) is 0 Å². The molecule has 0 aliphatic heterocycles. The summed E-state index contributed by atoms with van der Waals surface area (Å²) in [6, 6.07) is 2.66. The van der Waals surface area contributed by atoms with Crippen LogP contribution >= 0.6 is 0 Å². The molecule has 0 radical (unpaired) electrons. The van der Waals surface area contributed by atoms with Crippen LogP contribution in [0.5, 0.6) is 0 Å². The van der Waals surface area contributed by atoms with Gasteiger partial charge in [0.1, 0.15) is 0 Å². The summed E-state index contributed by atoms with van der Waals surface area (Å²) < 4.78 is 0. The molecule has 0 saturated heterocycles. The number of hydrogen-bond acceptors (Lipinski definition) is 1. The fourth-order valence-electron chi connectivity index (χ4n) is 7.51. The molecule has 0 aromatic carbocycles. The number of nitrogens with zero attached hydrogens (tertiary/aromatic N) is 1. The van der Waals surface area contributed by atoms with Crippen LogP contribution in [-0.2, 0) is 0 Å². The zero-order valence-corrected chi connectivity index (χ0v) is 13.9. The zero-order chi connectivity index (χ0) is 14.7. The Labute approximate surface area is 130 Å². The van der Waals surface area contributed by atoms with Gasteiger partial charge in [0, 0.05) is 0 Å². The zero-order valence-electron chi connectivity index (χ0n) is 13.9. The van der Waals surface area contributed by atoms with Crippen LogP contribution in [-0.4, -0.2) is 0 Å². The molecule has 4 saturated carbocycles. The van der Waals surface area contributed by atoms with Crippen molar-refractivity contribution < 1.29 is 0 Å². The summed E-state index contributed by atoms with van der Waals surface area (Å²) in [6.45, 7) is 5.11. The molecule has 0 amide bonds. The lowest BCUT2D eigenvalue weighted by atomic mass is 9.45. The minimum Gasteiger partial charge on any atom is -0.198 e. The van der Waals surface area contributed by atoms with E-state index in [1.807, 2.05) is 0 Å². The van der Waals surface area contributed by atoms with Gasteiger partial charge < -0.3 is 0 Å². The summed E-state index contributed by atoms with van der Waals surface area (Å²) in [7, 11) is 0. The summed E-state index contributed by atoms with van der Waals surface area (Å²) in [6.07, 6.45) is 14.2. The Balaban J connectivity index is 1.64. The minimum absolute atomic E-state index is 0.348. The van der Waals surface area contributed by atoms with E-state index < -0.39 is 0 Å². The van der Waals surface area contributed by atoms with Crippen LogP contribution in [0.1, 0.15) is 78.1 Å². The lowest BCUT2D eigenvalue weighted by Crippen LogP contribution is -2.52. The van der Waals surface area contributed by atoms with Crippen LogP contribution < -0.4 is 0 Å². The molecule has 1 heteroatoms. The second-order valence-electron chi connectivity index (χ2n) is 9.21. The van der Waals surface area contributed by atoms with E-state index in [1.165, 1.54) is 64.2 Å². The normalized spacial score (nSPS) is 56.0. The van der Waals surface area contributed by atoms with Gasteiger partial charge in [-0.1, -0.05) is 26.7 Å². The third-order valence-corrected chi connectivity index (χ3v) is 8.74. The van der Waals surface area contributed by atoms with Crippen LogP contribution in [0.2, 0.25) is 0 Å². The molecule has 0 N–H and O–H groups in total. The lowest BCUT2D eigenvalue weighted by molar-refractivity contribution is -0.107. The van der Waals surface area contributed by atoms with Gasteiger partial charge in [0.2, 0.25) is 0 Å². The number of nitriles is 1. The van der Waals surface area contributed by atoms with Crippen molar-refractivity contribution in [1.29, 1.82) is 5.26 Å². The predicted molar refractivity (Wildman–Crippen MR) is 85.4 cm³/mol. The van der Waals surface area contributed by atoms with Gasteiger partial charge >= 0.3 is 0 Å². The van der Waals surface area contributed by atoms with Crippen molar-refractivity contribution in [2.45, 2.75) is 78.1 Å². The third-order valence-electron chi connectivity index (χ3n) is 8.74. The maximum atomic E-state index is 9.55. The first-order chi connectivity index (χ1) is 10.1. The molecule has 4 aliphatic carbocycles. The van der Waals surface area contributed by atoms with Gasteiger partial charge in [-0.25, -0.2) is 0 Å². The smallest absolute Gasteiger partial charge is 0.0661 e. The molecule has 7 atom stereocenters. The third kappa shape index (κ3) is 1.80. The van der Waals surface area contributed by atoms with Gasteiger partial charge in [0.15, 0.2) is 0 Å². The topological polar surface area (TPSA) is 23.8 Å². The largest absolute Gasteiger partial charge is 0.198 e. The van der Waals surface area contributed by atoms with E-state index in [-0.39, 0.29) is 0 Å². The number of hydrogen-bond donors (Lipinski definition) is 0. The van der Waals surface area contributed by atoms with Gasteiger partial charge in [0.05, 0.1) is 12.0 Å². The Morgan fingerprint density at radius 1 is 0.810 bits per heavy atom. The van der Waals surface area contributed by atoms with Crippen molar-refractivity contribution in [2.75, 3.05) is 0 Å². The quantitative estimate of drug-likeness (QED) is 0.571. The highest BCUT2D eigenvalue weighted by Gasteiger charge is 2.59. The van der Waals surface area contributed by atoms with Gasteiger partial charge in [-0.3, -0.25) is 0 Å². The van der Waals surface area contributed by atoms with Gasteiger partial charge in [0.25, 0.3) is 0 Å². The van der Waals surface area contributed by atoms with Crippen LogP contribution in [0.15, 0.2) is 0 Å². The fourth-order valence-corrected chi connectivity index (χ4v) is 7.51. The average molecular weight is 285 g/mol. The minimum atomic E-state index is 0.348. The van der Waals surface area contributed by atoms with Crippen molar-refractivity contribution >= 4 is 0 Å². The van der Waals surface area contributed by atoms with Crippen molar-refractivity contribution in [3.8, 4) is 6.07 Å². The molecule has 4 rings (SSSR count). The second kappa shape index (κ2) is 4.74. The van der Waals surface area contributed by atoms with Crippen molar-refractivity contribution in [3.63, 3.8) is 0 Å². The van der Waals surface area contributed by atoms with Crippen LogP contribution in [0.4, 0.5) is 0 Å². The Morgan fingerprint density at radius 2 is 1.62 bits per heavy atom. The van der Waals surface area contributed by atoms with Crippen LogP contribution in [0, 0.1) is 51.8 Å². The Kier molecular flexibility index (Phi) is 3.18. The standard InChI is InChI=1S/C20H31N/c1-19-11-4-3-5-14(19)6-8-16-17-9-7-15(13-21)20(17,2)12-10-18(16)19/h14-18H,3-12H2,1-2H3/t14?,15-,16+,17+,18+,19+,20+/m1/s1. The molecule has 0 heterocycles. The molecule has 1 unspecified atom stereocenters. The monoisotopic (exact) mass is 285 g/mol. The molecule has 21 heavy (non-hydrogen) atoms. The molecule has 0 aromatic rings. The van der Waals surface area contributed by atoms with E-state index >= 15 is 0 Å². The van der Waals surface area contributed by atoms with Crippen molar-refractivity contribution in [3.05, 3.63) is 0 Å². The predicted octanol–water partition coefficient (Wildman–Crippen LogP) is 5.56. The van der Waals surface area contributed by atoms with Crippen molar-refractivity contribution in [1.82, 2.24) is 0 Å². The number of fused-ring (bicyclic) bond motifs is 5. The molecule has 1 nitrogen and oxygen atoms in total. The lowest BCUT2D eigenvalue weighted by Gasteiger charge is -2.60. The first kappa shape index (κ1) is 14.1. The Morgan fingerprint density at radius 3 is 2.43 bits per heavy atom. The maximum absolute atomic E-state index is 9.55. The van der Waals surface area contributed by atoms with Crippen LogP contribution in [0.25, 0.3) is 0 Å². The van der Waals surface area contributed by atoms with E-state index in [2.05, 4.69) is 19.9 Å². The Hall–Kier alpha value is -0.510. The van der Waals surface area contributed by atoms with E-state index in [4.69, 9.17) is 0 Å². The van der Waals surface area contributed by atoms with E-state index in [0.717, 1.165) is 23.7 Å². The number of rotatable bonds is 0. The highest BCUT2D eigenvalue weighted by Crippen LogP contribution is 2.67. The van der Waals surface area contributed by atoms with Crippen LogP contribution in [0.3, 0.4) is 0 Å². The average Bonchev–Trinajstić information content (AvgIpc) is 2.83. The fraction of sp³-hybridized carbons (Fsp3) is 0.950. The van der Waals surface area contributed by atoms with Gasteiger partial charge in [-0.15, -0.1) is 0 Å². The first-order valence-electron chi connectivity index (χ1n) is 9.49. The molecular formula is C20H31N. The molecule has 0 spiro atoms. The van der Waals surface area contributed by atoms with Crippen molar-refractivity contribution in [2.24, 2.45) is 40.4 Å². The SMILES string of the molecule is C[C@@]12CC[C@H]3[C@@H](CCC4CCCC[C@@]43C)[C@@H]1CC[C@@H]2C#N. The molecule has 0 bridgehead atoms. The molecule has 4 fully saturated rings. The molecule has 116 valence electrons. The summed E-state index contributed by atoms with van der Waals surface area (Å²) in [5.74, 6) is 4.15. The highest BCUT2D eigenvalue weighted by molar-refractivity contribution is 5.12. The second-order valence-corrected chi connectivity index (χ2v) is 9.21. The molecular weight excluding hydrogens is 254 g/mol. The Bertz CT molecular complexity index is 463. The highest BCUT2D eigenvalue weighted by atomic mass is 14.6. The summed E-state index contributed by atoms with van der Waals surface area (Å²) in [4.78, 5) is 0. The van der Waals surface area contributed by atoms with Gasteiger partial charge in [-0.05, 0) is 85.9 Å². The van der Waals surface area contributed by atoms with Gasteiger partial charge in [-0.2, -0.15) is 5.26 Å². The van der Waals surface area contributed by atoms with E-state index in [9.17, 15) is 5.26 Å². The summed E-state index contributed by atoms with van der Waals surface area (Å²) in [5.41, 5.74) is 1.00. The molecule has 0 aromatic heterocycles. The summed E-state index contributed by atoms with van der Waals surface area (Å²) >= 11 is 0. The first-order valence-corrected chi connectivity index (χ1v) is 9.49. The molecule has 4 aliphatic rings. The maximum Gasteiger partial charge on any atom is 0.0661 e. The van der Waals surface area contributed by atoms with E-state index in [0.29, 0.717) is 16.7 Å². The summed E-state index contributed by atoms with van der Waals surface area (Å²) in [5, 5.41) is 9.55.